The standard InChI is InChI=1S/C14H15NO2/c1-17-12-6-3-2-5-11(12)14(8-4-9-14)13(16)7-10-15/h2-3,5-6H,4,7-9H2,1H3. The molecular weight excluding hydrogens is 214 g/mol. The van der Waals surface area contributed by atoms with Crippen molar-refractivity contribution in [2.75, 3.05) is 7.11 Å². The van der Waals surface area contributed by atoms with E-state index in [1.165, 1.54) is 0 Å². The molecule has 0 amide bonds. The second-order valence-electron chi connectivity index (χ2n) is 4.39. The molecule has 0 aromatic heterocycles. The van der Waals surface area contributed by atoms with Crippen LogP contribution in [0.25, 0.3) is 0 Å². The highest BCUT2D eigenvalue weighted by molar-refractivity contribution is 5.93. The SMILES string of the molecule is COc1ccccc1C1(C(=O)CC#N)CCC1. The van der Waals surface area contributed by atoms with Crippen molar-refractivity contribution in [1.29, 1.82) is 5.26 Å². The number of Topliss-reactive ketones (excluding diaryl/α,β-unsaturated/α-hetero) is 1. The Labute approximate surface area is 101 Å². The number of carbonyl (C=O) groups is 1. The van der Waals surface area contributed by atoms with Crippen LogP contribution in [-0.4, -0.2) is 12.9 Å². The normalized spacial score (nSPS) is 16.7. The summed E-state index contributed by atoms with van der Waals surface area (Å²) >= 11 is 0. The molecule has 1 aromatic rings. The molecule has 1 aliphatic rings. The van der Waals surface area contributed by atoms with Gasteiger partial charge >= 0.3 is 0 Å². The summed E-state index contributed by atoms with van der Waals surface area (Å²) in [5.74, 6) is 0.772. The van der Waals surface area contributed by atoms with Crippen LogP contribution in [-0.2, 0) is 10.2 Å². The highest BCUT2D eigenvalue weighted by Crippen LogP contribution is 2.48. The molecule has 0 bridgehead atoms. The lowest BCUT2D eigenvalue weighted by Gasteiger charge is -2.41. The van der Waals surface area contributed by atoms with E-state index in [-0.39, 0.29) is 12.2 Å². The Balaban J connectivity index is 2.42. The number of rotatable bonds is 4. The van der Waals surface area contributed by atoms with Gasteiger partial charge in [-0.05, 0) is 18.9 Å². The maximum absolute atomic E-state index is 12.1. The zero-order valence-electron chi connectivity index (χ0n) is 9.90. The van der Waals surface area contributed by atoms with E-state index in [0.29, 0.717) is 0 Å². The average molecular weight is 229 g/mol. The maximum atomic E-state index is 12.1. The first-order valence-electron chi connectivity index (χ1n) is 5.78. The number of hydrogen-bond acceptors (Lipinski definition) is 3. The van der Waals surface area contributed by atoms with Gasteiger partial charge in [-0.15, -0.1) is 0 Å². The van der Waals surface area contributed by atoms with Gasteiger partial charge < -0.3 is 4.74 Å². The fraction of sp³-hybridized carbons (Fsp3) is 0.429. The van der Waals surface area contributed by atoms with Crippen LogP contribution in [0, 0.1) is 11.3 Å². The minimum Gasteiger partial charge on any atom is -0.496 e. The second kappa shape index (κ2) is 4.58. The van der Waals surface area contributed by atoms with Crippen LogP contribution in [0.3, 0.4) is 0 Å². The van der Waals surface area contributed by atoms with Crippen molar-refractivity contribution in [2.24, 2.45) is 0 Å². The van der Waals surface area contributed by atoms with E-state index in [1.807, 2.05) is 30.3 Å². The third-order valence-electron chi connectivity index (χ3n) is 3.60. The van der Waals surface area contributed by atoms with Gasteiger partial charge in [-0.25, -0.2) is 0 Å². The molecule has 0 heterocycles. The number of nitriles is 1. The molecule has 0 unspecified atom stereocenters. The number of carbonyl (C=O) groups excluding carboxylic acids is 1. The summed E-state index contributed by atoms with van der Waals surface area (Å²) in [5, 5.41) is 8.69. The van der Waals surface area contributed by atoms with Gasteiger partial charge in [0.15, 0.2) is 5.78 Å². The third kappa shape index (κ3) is 1.80. The predicted molar refractivity (Wildman–Crippen MR) is 63.8 cm³/mol. The average Bonchev–Trinajstić information content (AvgIpc) is 2.29. The molecule has 3 heteroatoms. The molecule has 0 aliphatic heterocycles. The molecule has 3 nitrogen and oxygen atoms in total. The molecule has 1 aromatic carbocycles. The first-order valence-corrected chi connectivity index (χ1v) is 5.78. The van der Waals surface area contributed by atoms with Crippen LogP contribution in [0.1, 0.15) is 31.2 Å². The van der Waals surface area contributed by atoms with Gasteiger partial charge in [0.2, 0.25) is 0 Å². The monoisotopic (exact) mass is 229 g/mol. The second-order valence-corrected chi connectivity index (χ2v) is 4.39. The lowest BCUT2D eigenvalue weighted by atomic mass is 9.61. The van der Waals surface area contributed by atoms with E-state index in [9.17, 15) is 4.79 Å². The molecule has 0 radical (unpaired) electrons. The van der Waals surface area contributed by atoms with Crippen LogP contribution in [0.4, 0.5) is 0 Å². The fourth-order valence-corrected chi connectivity index (χ4v) is 2.51. The molecule has 1 fully saturated rings. The number of hydrogen-bond donors (Lipinski definition) is 0. The van der Waals surface area contributed by atoms with Crippen molar-refractivity contribution in [3.05, 3.63) is 29.8 Å². The number of para-hydroxylation sites is 1. The molecule has 0 saturated heterocycles. The Morgan fingerprint density at radius 2 is 2.18 bits per heavy atom. The molecule has 0 spiro atoms. The topological polar surface area (TPSA) is 50.1 Å². The predicted octanol–water partition coefficient (Wildman–Crippen LogP) is 2.60. The first kappa shape index (κ1) is 11.7. The quantitative estimate of drug-likeness (QED) is 0.797. The minimum atomic E-state index is -0.470. The van der Waals surface area contributed by atoms with Crippen molar-refractivity contribution >= 4 is 5.78 Å². The number of ketones is 1. The van der Waals surface area contributed by atoms with Gasteiger partial charge in [0.25, 0.3) is 0 Å². The lowest BCUT2D eigenvalue weighted by Crippen LogP contribution is -2.42. The molecule has 88 valence electrons. The maximum Gasteiger partial charge on any atom is 0.157 e. The molecule has 0 N–H and O–H groups in total. The van der Waals surface area contributed by atoms with Crippen LogP contribution in [0.15, 0.2) is 24.3 Å². The van der Waals surface area contributed by atoms with Crippen molar-refractivity contribution in [3.8, 4) is 11.8 Å². The number of methoxy groups -OCH3 is 1. The van der Waals surface area contributed by atoms with Crippen molar-refractivity contribution in [3.63, 3.8) is 0 Å². The largest absolute Gasteiger partial charge is 0.496 e. The van der Waals surface area contributed by atoms with E-state index < -0.39 is 5.41 Å². The Morgan fingerprint density at radius 1 is 1.47 bits per heavy atom. The fourth-order valence-electron chi connectivity index (χ4n) is 2.51. The lowest BCUT2D eigenvalue weighted by molar-refractivity contribution is -0.126. The Kier molecular flexibility index (Phi) is 3.14. The van der Waals surface area contributed by atoms with E-state index >= 15 is 0 Å². The summed E-state index contributed by atoms with van der Waals surface area (Å²) in [6, 6.07) is 9.57. The van der Waals surface area contributed by atoms with Gasteiger partial charge in [-0.2, -0.15) is 5.26 Å². The van der Waals surface area contributed by atoms with Gasteiger partial charge in [-0.1, -0.05) is 24.6 Å². The zero-order chi connectivity index (χ0) is 12.3. The molecule has 2 rings (SSSR count). The van der Waals surface area contributed by atoms with Gasteiger partial charge in [-0.3, -0.25) is 4.79 Å². The van der Waals surface area contributed by atoms with Crippen LogP contribution in [0.5, 0.6) is 5.75 Å². The number of benzene rings is 1. The van der Waals surface area contributed by atoms with E-state index in [0.717, 1.165) is 30.6 Å². The molecule has 0 atom stereocenters. The number of nitrogens with zero attached hydrogens (tertiary/aromatic N) is 1. The third-order valence-corrected chi connectivity index (χ3v) is 3.60. The first-order chi connectivity index (χ1) is 8.24. The Hall–Kier alpha value is -1.82. The smallest absolute Gasteiger partial charge is 0.157 e. The van der Waals surface area contributed by atoms with Gasteiger partial charge in [0.1, 0.15) is 5.75 Å². The molecule has 1 aliphatic carbocycles. The van der Waals surface area contributed by atoms with Crippen LogP contribution in [0.2, 0.25) is 0 Å². The highest BCUT2D eigenvalue weighted by Gasteiger charge is 2.46. The van der Waals surface area contributed by atoms with E-state index in [4.69, 9.17) is 10.00 Å². The summed E-state index contributed by atoms with van der Waals surface area (Å²) in [4.78, 5) is 12.1. The van der Waals surface area contributed by atoms with Crippen molar-refractivity contribution < 1.29 is 9.53 Å². The summed E-state index contributed by atoms with van der Waals surface area (Å²) < 4.78 is 5.32. The highest BCUT2D eigenvalue weighted by atomic mass is 16.5. The van der Waals surface area contributed by atoms with Gasteiger partial charge in [0, 0.05) is 5.56 Å². The van der Waals surface area contributed by atoms with Gasteiger partial charge in [0.05, 0.1) is 25.0 Å². The Bertz CT molecular complexity index is 469. The van der Waals surface area contributed by atoms with Crippen molar-refractivity contribution in [2.45, 2.75) is 31.1 Å². The zero-order valence-corrected chi connectivity index (χ0v) is 9.90. The van der Waals surface area contributed by atoms with Crippen molar-refractivity contribution in [1.82, 2.24) is 0 Å². The van der Waals surface area contributed by atoms with E-state index in [1.54, 1.807) is 7.11 Å². The number of ether oxygens (including phenoxy) is 1. The molecular formula is C14H15NO2. The summed E-state index contributed by atoms with van der Waals surface area (Å²) in [7, 11) is 1.61. The summed E-state index contributed by atoms with van der Waals surface area (Å²) in [6.07, 6.45) is 2.68. The summed E-state index contributed by atoms with van der Waals surface area (Å²) in [5.41, 5.74) is 0.469. The molecule has 17 heavy (non-hydrogen) atoms. The van der Waals surface area contributed by atoms with E-state index in [2.05, 4.69) is 0 Å². The summed E-state index contributed by atoms with van der Waals surface area (Å²) in [6.45, 7) is 0. The minimum absolute atomic E-state index is 0.0158. The van der Waals surface area contributed by atoms with Crippen LogP contribution >= 0.6 is 0 Å². The molecule has 1 saturated carbocycles. The Morgan fingerprint density at radius 3 is 2.71 bits per heavy atom. The van der Waals surface area contributed by atoms with Crippen LogP contribution < -0.4 is 4.74 Å².